The fourth-order valence-electron chi connectivity index (χ4n) is 4.67. The number of ether oxygens (including phenoxy) is 2. The van der Waals surface area contributed by atoms with E-state index < -0.39 is 73.6 Å². The van der Waals surface area contributed by atoms with Crippen molar-refractivity contribution >= 4 is 25.2 Å². The van der Waals surface area contributed by atoms with Crippen LogP contribution in [0.3, 0.4) is 0 Å². The van der Waals surface area contributed by atoms with Crippen LogP contribution >= 0.6 is 19.2 Å². The second-order valence-corrected chi connectivity index (χ2v) is 13.2. The minimum absolute atomic E-state index is 0.154. The topological polar surface area (TPSA) is 166 Å². The molecule has 4 rings (SSSR count). The Kier molecular flexibility index (Phi) is 12.4. The Morgan fingerprint density at radius 3 is 2.38 bits per heavy atom. The van der Waals surface area contributed by atoms with E-state index in [0.717, 1.165) is 22.4 Å². The predicted molar refractivity (Wildman–Crippen MR) is 167 cm³/mol. The van der Waals surface area contributed by atoms with Crippen LogP contribution in [0.2, 0.25) is 5.02 Å². The van der Waals surface area contributed by atoms with E-state index >= 15 is 0 Å². The first-order valence-electron chi connectivity index (χ1n) is 13.9. The minimum atomic E-state index is -4.21. The summed E-state index contributed by atoms with van der Waals surface area (Å²) in [5.41, 5.74) is -2.73. The summed E-state index contributed by atoms with van der Waals surface area (Å²) in [6, 6.07) is 16.2. The Bertz CT molecular complexity index is 1600. The molecule has 242 valence electrons. The highest BCUT2D eigenvalue weighted by molar-refractivity contribution is 7.54. The quantitative estimate of drug-likeness (QED) is 0.148. The Labute approximate surface area is 265 Å². The standard InChI is InChI=1S/C29H34ClN2O10P.C2H2/c1-18(2)40-26(35)20(15-19-7-5-4-6-8-19)17-43(38,42-22-11-9-21(30)10-12-22)39-16-23-25(34)29(3,37)27(41-23)32-14-13-24(33)31-28(32)36;1-2/h4-14,18,20,23,25,27,34,37H,15-17H2,1-3H3,(H,31,33,36);1-2H/t20-,23-,25-,27-,29-,43?;/m1./s1. The van der Waals surface area contributed by atoms with Gasteiger partial charge in [-0.25, -0.2) is 9.36 Å². The number of nitrogens with zero attached hydrogens (tertiary/aromatic N) is 1. The summed E-state index contributed by atoms with van der Waals surface area (Å²) < 4.78 is 38.2. The molecule has 12 nitrogen and oxygen atoms in total. The van der Waals surface area contributed by atoms with Crippen molar-refractivity contribution in [3.05, 3.63) is 98.3 Å². The van der Waals surface area contributed by atoms with Crippen LogP contribution in [-0.4, -0.2) is 62.4 Å². The van der Waals surface area contributed by atoms with Gasteiger partial charge in [-0.2, -0.15) is 0 Å². The zero-order valence-electron chi connectivity index (χ0n) is 24.9. The van der Waals surface area contributed by atoms with Crippen molar-refractivity contribution in [2.45, 2.75) is 57.3 Å². The van der Waals surface area contributed by atoms with Gasteiger partial charge in [0.1, 0.15) is 23.6 Å². The smallest absolute Gasteiger partial charge is 0.380 e. The van der Waals surface area contributed by atoms with Crippen molar-refractivity contribution in [2.75, 3.05) is 12.8 Å². The molecule has 1 saturated heterocycles. The molecule has 14 heteroatoms. The highest BCUT2D eigenvalue weighted by Crippen LogP contribution is 2.51. The molecule has 3 N–H and O–H groups in total. The second kappa shape index (κ2) is 15.5. The van der Waals surface area contributed by atoms with Crippen LogP contribution in [0.15, 0.2) is 76.4 Å². The maximum absolute atomic E-state index is 14.3. The number of carbonyl (C=O) groups excluding carboxylic acids is 1. The van der Waals surface area contributed by atoms with E-state index in [0.29, 0.717) is 5.02 Å². The third kappa shape index (κ3) is 9.41. The van der Waals surface area contributed by atoms with Gasteiger partial charge >= 0.3 is 19.3 Å². The maximum Gasteiger partial charge on any atom is 0.380 e. The lowest BCUT2D eigenvalue weighted by molar-refractivity contribution is -0.151. The molecular weight excluding hydrogens is 627 g/mol. The lowest BCUT2D eigenvalue weighted by Crippen LogP contribution is -2.46. The van der Waals surface area contributed by atoms with Gasteiger partial charge in [-0.1, -0.05) is 41.9 Å². The number of benzene rings is 2. The molecule has 0 saturated carbocycles. The molecule has 0 aliphatic carbocycles. The number of nitrogens with one attached hydrogen (secondary N) is 1. The Hall–Kier alpha value is -3.69. The summed E-state index contributed by atoms with van der Waals surface area (Å²) in [7, 11) is -4.21. The molecule has 1 aliphatic rings. The molecule has 1 aromatic heterocycles. The van der Waals surface area contributed by atoms with Gasteiger partial charge in [-0.05, 0) is 57.0 Å². The highest BCUT2D eigenvalue weighted by atomic mass is 35.5. The van der Waals surface area contributed by atoms with E-state index in [-0.39, 0.29) is 12.2 Å². The SMILES string of the molecule is C#C.CC(C)OC(=O)[C@H](Cc1ccccc1)CP(=O)(OC[C@H]1O[C@@H](n2ccc(=O)[nH]c2=O)[C@](C)(O)[C@@H]1O)Oc1ccc(Cl)cc1. The van der Waals surface area contributed by atoms with Crippen molar-refractivity contribution in [2.24, 2.45) is 5.92 Å². The molecular formula is C31H36ClN2O10P. The summed E-state index contributed by atoms with van der Waals surface area (Å²) in [5, 5.41) is 22.4. The largest absolute Gasteiger partial charge is 0.463 e. The van der Waals surface area contributed by atoms with Gasteiger partial charge in [-0.3, -0.25) is 23.7 Å². The number of rotatable bonds is 12. The van der Waals surface area contributed by atoms with E-state index in [4.69, 9.17) is 30.1 Å². The van der Waals surface area contributed by atoms with Crippen LogP contribution in [0.5, 0.6) is 5.75 Å². The molecule has 1 unspecified atom stereocenters. The number of halogens is 1. The fraction of sp³-hybridized carbons (Fsp3) is 0.387. The average molecular weight is 663 g/mol. The second-order valence-electron chi connectivity index (χ2n) is 10.7. The number of aromatic amines is 1. The zero-order chi connectivity index (χ0) is 33.4. The molecule has 0 bridgehead atoms. The number of H-pyrrole nitrogens is 1. The van der Waals surface area contributed by atoms with E-state index in [1.165, 1.54) is 31.2 Å². The van der Waals surface area contributed by atoms with Crippen LogP contribution in [0.25, 0.3) is 0 Å². The average Bonchev–Trinajstić information content (AvgIpc) is 3.22. The molecule has 2 aromatic carbocycles. The van der Waals surface area contributed by atoms with Crippen LogP contribution in [0.1, 0.15) is 32.6 Å². The number of aromatic nitrogens is 2. The van der Waals surface area contributed by atoms with Crippen molar-refractivity contribution < 1.29 is 38.1 Å². The first-order valence-corrected chi connectivity index (χ1v) is 16.0. The lowest BCUT2D eigenvalue weighted by atomic mass is 9.96. The van der Waals surface area contributed by atoms with Crippen LogP contribution in [0.4, 0.5) is 0 Å². The molecule has 0 spiro atoms. The maximum atomic E-state index is 14.3. The molecule has 45 heavy (non-hydrogen) atoms. The van der Waals surface area contributed by atoms with Crippen molar-refractivity contribution in [3.63, 3.8) is 0 Å². The summed E-state index contributed by atoms with van der Waals surface area (Å²) in [5.74, 6) is -1.38. The first kappa shape index (κ1) is 35.8. The number of aliphatic hydroxyl groups is 2. The Balaban J connectivity index is 0.00000271. The molecule has 0 radical (unpaired) electrons. The van der Waals surface area contributed by atoms with Crippen molar-refractivity contribution in [1.82, 2.24) is 9.55 Å². The van der Waals surface area contributed by atoms with Gasteiger partial charge < -0.3 is 24.2 Å². The van der Waals surface area contributed by atoms with Crippen LogP contribution < -0.4 is 15.8 Å². The minimum Gasteiger partial charge on any atom is -0.463 e. The summed E-state index contributed by atoms with van der Waals surface area (Å²) in [6.45, 7) is 4.11. The Morgan fingerprint density at radius 1 is 1.13 bits per heavy atom. The predicted octanol–water partition coefficient (Wildman–Crippen LogP) is 3.55. The van der Waals surface area contributed by atoms with Gasteiger partial charge in [0.15, 0.2) is 6.23 Å². The summed E-state index contributed by atoms with van der Waals surface area (Å²) >= 11 is 5.99. The molecule has 2 heterocycles. The number of hydrogen-bond acceptors (Lipinski definition) is 10. The lowest BCUT2D eigenvalue weighted by Gasteiger charge is -2.27. The fourth-order valence-corrected chi connectivity index (χ4v) is 6.66. The number of terminal acetylenes is 1. The van der Waals surface area contributed by atoms with Crippen LogP contribution in [0, 0.1) is 18.8 Å². The van der Waals surface area contributed by atoms with Gasteiger partial charge in [0.25, 0.3) is 5.56 Å². The molecule has 6 atom stereocenters. The van der Waals surface area contributed by atoms with Crippen molar-refractivity contribution in [3.8, 4) is 18.6 Å². The molecule has 1 fully saturated rings. The van der Waals surface area contributed by atoms with Gasteiger partial charge in [-0.15, -0.1) is 12.8 Å². The van der Waals surface area contributed by atoms with E-state index in [2.05, 4.69) is 17.8 Å². The van der Waals surface area contributed by atoms with Gasteiger partial charge in [0.2, 0.25) is 0 Å². The molecule has 0 amide bonds. The first-order chi connectivity index (χ1) is 21.3. The van der Waals surface area contributed by atoms with Gasteiger partial charge in [0.05, 0.1) is 24.8 Å². The van der Waals surface area contributed by atoms with E-state index in [9.17, 15) is 29.2 Å². The van der Waals surface area contributed by atoms with Crippen LogP contribution in [-0.2, 0) is 29.8 Å². The Morgan fingerprint density at radius 2 is 1.78 bits per heavy atom. The highest BCUT2D eigenvalue weighted by Gasteiger charge is 2.54. The summed E-state index contributed by atoms with van der Waals surface area (Å²) in [6.07, 6.45) is 4.18. The number of aliphatic hydroxyl groups excluding tert-OH is 1. The monoisotopic (exact) mass is 662 g/mol. The third-order valence-electron chi connectivity index (χ3n) is 6.81. The van der Waals surface area contributed by atoms with E-state index in [1.54, 1.807) is 13.8 Å². The van der Waals surface area contributed by atoms with Gasteiger partial charge in [0, 0.05) is 17.3 Å². The molecule has 3 aromatic rings. The van der Waals surface area contributed by atoms with Crippen molar-refractivity contribution in [1.29, 1.82) is 0 Å². The third-order valence-corrected chi connectivity index (χ3v) is 8.98. The number of carbonyl (C=O) groups is 1. The zero-order valence-corrected chi connectivity index (χ0v) is 26.6. The summed E-state index contributed by atoms with van der Waals surface area (Å²) in [4.78, 5) is 39.1. The number of esters is 1. The number of hydrogen-bond donors (Lipinski definition) is 3. The normalized spacial score (nSPS) is 22.9. The van der Waals surface area contributed by atoms with E-state index in [1.807, 2.05) is 30.3 Å². The molecule has 1 aliphatic heterocycles.